The Balaban J connectivity index is 1.65. The zero-order valence-electron chi connectivity index (χ0n) is 12.5. The third-order valence-electron chi connectivity index (χ3n) is 4.67. The van der Waals surface area contributed by atoms with Crippen LogP contribution in [-0.2, 0) is 11.3 Å². The van der Waals surface area contributed by atoms with Crippen LogP contribution in [-0.4, -0.2) is 52.4 Å². The number of carbonyl (C=O) groups excluding carboxylic acids is 1. The first-order valence-corrected chi connectivity index (χ1v) is 7.49. The highest BCUT2D eigenvalue weighted by molar-refractivity contribution is 5.80. The van der Waals surface area contributed by atoms with Gasteiger partial charge in [-0.2, -0.15) is 14.0 Å². The standard InChI is InChI=1S/C16H17F2N3O2/c17-14(18)15(23)21-5-1-4-16(21)9-20(10-16)8-11-2-3-13(22)12(6-11)7-19/h2-3,6,14,22H,1,4-5,8-10H2. The molecule has 3 rings (SSSR count). The summed E-state index contributed by atoms with van der Waals surface area (Å²) in [6.07, 6.45) is -1.44. The van der Waals surface area contributed by atoms with Crippen molar-refractivity contribution >= 4 is 5.91 Å². The van der Waals surface area contributed by atoms with Crippen LogP contribution in [0, 0.1) is 11.3 Å². The zero-order valence-corrected chi connectivity index (χ0v) is 12.5. The fourth-order valence-electron chi connectivity index (χ4n) is 3.66. The van der Waals surface area contributed by atoms with Gasteiger partial charge in [-0.1, -0.05) is 6.07 Å². The number of aromatic hydroxyl groups is 1. The van der Waals surface area contributed by atoms with Gasteiger partial charge in [0, 0.05) is 26.2 Å². The van der Waals surface area contributed by atoms with Crippen LogP contribution < -0.4 is 0 Å². The van der Waals surface area contributed by atoms with Crippen LogP contribution >= 0.6 is 0 Å². The van der Waals surface area contributed by atoms with Gasteiger partial charge in [-0.15, -0.1) is 0 Å². The van der Waals surface area contributed by atoms with Crippen molar-refractivity contribution < 1.29 is 18.7 Å². The number of hydrogen-bond acceptors (Lipinski definition) is 4. The molecular weight excluding hydrogens is 304 g/mol. The number of rotatable bonds is 3. The average molecular weight is 321 g/mol. The highest BCUT2D eigenvalue weighted by Gasteiger charge is 2.52. The summed E-state index contributed by atoms with van der Waals surface area (Å²) in [6, 6.07) is 6.76. The summed E-state index contributed by atoms with van der Waals surface area (Å²) in [7, 11) is 0. The molecule has 0 atom stereocenters. The number of nitriles is 1. The average Bonchev–Trinajstić information content (AvgIpc) is 2.92. The number of likely N-dealkylation sites (tertiary alicyclic amines) is 2. The van der Waals surface area contributed by atoms with E-state index in [0.29, 0.717) is 26.2 Å². The van der Waals surface area contributed by atoms with Gasteiger partial charge in [-0.25, -0.2) is 0 Å². The molecule has 1 aromatic carbocycles. The van der Waals surface area contributed by atoms with Crippen molar-refractivity contribution in [1.82, 2.24) is 9.80 Å². The van der Waals surface area contributed by atoms with Gasteiger partial charge in [0.2, 0.25) is 0 Å². The summed E-state index contributed by atoms with van der Waals surface area (Å²) in [6.45, 7) is 2.09. The topological polar surface area (TPSA) is 67.6 Å². The van der Waals surface area contributed by atoms with Crippen molar-refractivity contribution in [1.29, 1.82) is 5.26 Å². The van der Waals surface area contributed by atoms with Gasteiger partial charge in [-0.05, 0) is 30.5 Å². The first-order chi connectivity index (χ1) is 10.9. The molecule has 2 aliphatic heterocycles. The smallest absolute Gasteiger partial charge is 0.315 e. The van der Waals surface area contributed by atoms with Crippen molar-refractivity contribution in [3.8, 4) is 11.8 Å². The fourth-order valence-corrected chi connectivity index (χ4v) is 3.66. The van der Waals surface area contributed by atoms with Crippen LogP contribution in [0.1, 0.15) is 24.0 Å². The second-order valence-corrected chi connectivity index (χ2v) is 6.23. The molecule has 1 spiro atoms. The number of phenolic OH excluding ortho intramolecular Hbond substituents is 1. The molecule has 0 saturated carbocycles. The molecule has 23 heavy (non-hydrogen) atoms. The number of halogens is 2. The predicted molar refractivity (Wildman–Crippen MR) is 77.8 cm³/mol. The number of benzene rings is 1. The van der Waals surface area contributed by atoms with Crippen LogP contribution in [0.15, 0.2) is 18.2 Å². The maximum absolute atomic E-state index is 12.7. The Morgan fingerprint density at radius 2 is 2.17 bits per heavy atom. The first kappa shape index (κ1) is 15.7. The van der Waals surface area contributed by atoms with Crippen LogP contribution in [0.25, 0.3) is 0 Å². The lowest BCUT2D eigenvalue weighted by Gasteiger charge is -2.52. The van der Waals surface area contributed by atoms with Gasteiger partial charge < -0.3 is 10.0 Å². The highest BCUT2D eigenvalue weighted by atomic mass is 19.3. The van der Waals surface area contributed by atoms with E-state index in [4.69, 9.17) is 5.26 Å². The normalized spacial score (nSPS) is 19.8. The van der Waals surface area contributed by atoms with E-state index < -0.39 is 17.9 Å². The van der Waals surface area contributed by atoms with Crippen molar-refractivity contribution in [2.45, 2.75) is 31.4 Å². The summed E-state index contributed by atoms with van der Waals surface area (Å²) in [5, 5.41) is 18.4. The van der Waals surface area contributed by atoms with Crippen molar-refractivity contribution in [3.63, 3.8) is 0 Å². The molecule has 1 N–H and O–H groups in total. The Hall–Kier alpha value is -2.20. The Morgan fingerprint density at radius 1 is 1.43 bits per heavy atom. The van der Waals surface area contributed by atoms with Gasteiger partial charge in [0.25, 0.3) is 5.91 Å². The second-order valence-electron chi connectivity index (χ2n) is 6.23. The molecule has 0 aliphatic carbocycles. The maximum atomic E-state index is 12.7. The Bertz CT molecular complexity index is 666. The van der Waals surface area contributed by atoms with Crippen molar-refractivity contribution in [3.05, 3.63) is 29.3 Å². The molecule has 2 aliphatic rings. The van der Waals surface area contributed by atoms with Crippen molar-refractivity contribution in [2.75, 3.05) is 19.6 Å². The molecule has 7 heteroatoms. The molecule has 0 radical (unpaired) electrons. The number of amides is 1. The van der Waals surface area contributed by atoms with E-state index >= 15 is 0 Å². The lowest BCUT2D eigenvalue weighted by molar-refractivity contribution is -0.154. The molecule has 0 bridgehead atoms. The molecule has 0 unspecified atom stereocenters. The minimum Gasteiger partial charge on any atom is -0.507 e. The van der Waals surface area contributed by atoms with E-state index in [0.717, 1.165) is 18.4 Å². The summed E-state index contributed by atoms with van der Waals surface area (Å²) < 4.78 is 25.4. The third kappa shape index (κ3) is 2.75. The Kier molecular flexibility index (Phi) is 3.94. The van der Waals surface area contributed by atoms with E-state index in [2.05, 4.69) is 4.90 Å². The summed E-state index contributed by atoms with van der Waals surface area (Å²) in [5.74, 6) is -1.13. The van der Waals surface area contributed by atoms with Crippen LogP contribution in [0.4, 0.5) is 8.78 Å². The lowest BCUT2D eigenvalue weighted by atomic mass is 9.86. The van der Waals surface area contributed by atoms with Gasteiger partial charge in [0.1, 0.15) is 11.8 Å². The van der Waals surface area contributed by atoms with Gasteiger partial charge in [-0.3, -0.25) is 9.69 Å². The van der Waals surface area contributed by atoms with Crippen molar-refractivity contribution in [2.24, 2.45) is 0 Å². The molecule has 2 saturated heterocycles. The SMILES string of the molecule is N#Cc1cc(CN2CC3(CCCN3C(=O)C(F)F)C2)ccc1O. The third-order valence-corrected chi connectivity index (χ3v) is 4.67. The van der Waals surface area contributed by atoms with E-state index in [-0.39, 0.29) is 11.3 Å². The molecule has 122 valence electrons. The van der Waals surface area contributed by atoms with E-state index in [9.17, 15) is 18.7 Å². The molecule has 5 nitrogen and oxygen atoms in total. The van der Waals surface area contributed by atoms with E-state index in [1.807, 2.05) is 6.07 Å². The summed E-state index contributed by atoms with van der Waals surface area (Å²) in [4.78, 5) is 15.0. The molecular formula is C16H17F2N3O2. The Morgan fingerprint density at radius 3 is 2.83 bits per heavy atom. The van der Waals surface area contributed by atoms with Gasteiger partial charge >= 0.3 is 6.43 Å². The second kappa shape index (κ2) is 5.78. The number of hydrogen-bond donors (Lipinski definition) is 1. The van der Waals surface area contributed by atoms with E-state index in [1.54, 1.807) is 12.1 Å². The molecule has 2 fully saturated rings. The zero-order chi connectivity index (χ0) is 16.6. The lowest BCUT2D eigenvalue weighted by Crippen LogP contribution is -2.68. The van der Waals surface area contributed by atoms with Crippen LogP contribution in [0.2, 0.25) is 0 Å². The number of carbonyl (C=O) groups is 1. The maximum Gasteiger partial charge on any atom is 0.315 e. The molecule has 0 aromatic heterocycles. The predicted octanol–water partition coefficient (Wildman–Crippen LogP) is 1.71. The van der Waals surface area contributed by atoms with Gasteiger partial charge in [0.05, 0.1) is 11.1 Å². The minimum absolute atomic E-state index is 0.0548. The number of alkyl halides is 2. The van der Waals surface area contributed by atoms with E-state index in [1.165, 1.54) is 11.0 Å². The fraction of sp³-hybridized carbons (Fsp3) is 0.500. The summed E-state index contributed by atoms with van der Waals surface area (Å²) in [5.41, 5.74) is 0.634. The van der Waals surface area contributed by atoms with Gasteiger partial charge in [0.15, 0.2) is 0 Å². The molecule has 1 amide bonds. The first-order valence-electron chi connectivity index (χ1n) is 7.49. The molecule has 2 heterocycles. The largest absolute Gasteiger partial charge is 0.507 e. The quantitative estimate of drug-likeness (QED) is 0.920. The Labute approximate surface area is 132 Å². The minimum atomic E-state index is -2.95. The van der Waals surface area contributed by atoms with Crippen LogP contribution in [0.5, 0.6) is 5.75 Å². The monoisotopic (exact) mass is 321 g/mol. The molecule has 1 aromatic rings. The summed E-state index contributed by atoms with van der Waals surface area (Å²) >= 11 is 0. The number of nitrogens with zero attached hydrogens (tertiary/aromatic N) is 3. The number of phenols is 1. The van der Waals surface area contributed by atoms with Crippen LogP contribution in [0.3, 0.4) is 0 Å². The highest BCUT2D eigenvalue weighted by Crippen LogP contribution is 2.39.